The Hall–Kier alpha value is -2.14. The highest BCUT2D eigenvalue weighted by Crippen LogP contribution is 2.34. The van der Waals surface area contributed by atoms with Crippen molar-refractivity contribution in [3.8, 4) is 0 Å². The lowest BCUT2D eigenvalue weighted by Crippen LogP contribution is -2.48. The fourth-order valence-corrected chi connectivity index (χ4v) is 6.92. The van der Waals surface area contributed by atoms with Gasteiger partial charge in [-0.1, -0.05) is 0 Å². The molecule has 1 fully saturated rings. The average Bonchev–Trinajstić information content (AvgIpc) is 3.29. The number of aromatic nitrogens is 2. The van der Waals surface area contributed by atoms with Crippen LogP contribution in [-0.2, 0) is 29.4 Å². The highest BCUT2D eigenvalue weighted by Gasteiger charge is 2.29. The molecule has 1 aromatic carbocycles. The number of benzene rings is 1. The summed E-state index contributed by atoms with van der Waals surface area (Å²) in [6.07, 6.45) is 3.07. The van der Waals surface area contributed by atoms with E-state index in [0.29, 0.717) is 38.5 Å². The Kier molecular flexibility index (Phi) is 4.97. The standard InChI is InChI=1S/C20H21FN4O3S2/c21-13-4-6-14(7-5-13)30(27,28)25-10-8-24(9-11-25)12-17-22-19(26)18-15-2-1-3-16(15)29-20(18)23-17/h4-7H,1-3,8-12H2,(H,22,23,26). The maximum Gasteiger partial charge on any atom is 0.259 e. The molecule has 3 heterocycles. The number of fused-ring (bicyclic) bond motifs is 3. The third-order valence-corrected chi connectivity index (χ3v) is 8.88. The van der Waals surface area contributed by atoms with E-state index < -0.39 is 15.8 Å². The summed E-state index contributed by atoms with van der Waals surface area (Å²) in [5.41, 5.74) is 1.09. The predicted octanol–water partition coefficient (Wildman–Crippen LogP) is 2.12. The molecule has 0 amide bonds. The Morgan fingerprint density at radius 3 is 2.57 bits per heavy atom. The summed E-state index contributed by atoms with van der Waals surface area (Å²) in [6.45, 7) is 2.20. The first-order valence-electron chi connectivity index (χ1n) is 9.93. The van der Waals surface area contributed by atoms with Crippen molar-refractivity contribution in [1.29, 1.82) is 0 Å². The summed E-state index contributed by atoms with van der Waals surface area (Å²) < 4.78 is 40.0. The Morgan fingerprint density at radius 1 is 1.10 bits per heavy atom. The van der Waals surface area contributed by atoms with Crippen molar-refractivity contribution >= 4 is 31.6 Å². The number of hydrogen-bond donors (Lipinski definition) is 1. The lowest BCUT2D eigenvalue weighted by molar-refractivity contribution is 0.178. The molecule has 2 aliphatic rings. The largest absolute Gasteiger partial charge is 0.309 e. The summed E-state index contributed by atoms with van der Waals surface area (Å²) in [7, 11) is -3.64. The van der Waals surface area contributed by atoms with E-state index in [1.54, 1.807) is 11.3 Å². The molecule has 1 saturated heterocycles. The Balaban J connectivity index is 1.28. The van der Waals surface area contributed by atoms with E-state index >= 15 is 0 Å². The van der Waals surface area contributed by atoms with Crippen LogP contribution in [0.1, 0.15) is 22.7 Å². The smallest absolute Gasteiger partial charge is 0.259 e. The van der Waals surface area contributed by atoms with Crippen LogP contribution < -0.4 is 5.56 Å². The second-order valence-electron chi connectivity index (χ2n) is 7.68. The van der Waals surface area contributed by atoms with Crippen LogP contribution in [-0.4, -0.2) is 53.8 Å². The highest BCUT2D eigenvalue weighted by molar-refractivity contribution is 7.89. The van der Waals surface area contributed by atoms with Gasteiger partial charge in [-0.15, -0.1) is 11.3 Å². The van der Waals surface area contributed by atoms with E-state index in [1.165, 1.54) is 21.3 Å². The minimum atomic E-state index is -3.64. The van der Waals surface area contributed by atoms with Crippen molar-refractivity contribution < 1.29 is 12.8 Å². The highest BCUT2D eigenvalue weighted by atomic mass is 32.2. The molecule has 0 atom stereocenters. The van der Waals surface area contributed by atoms with Crippen LogP contribution in [0.5, 0.6) is 0 Å². The number of rotatable bonds is 4. The summed E-state index contributed by atoms with van der Waals surface area (Å²) in [4.78, 5) is 24.5. The van der Waals surface area contributed by atoms with E-state index in [4.69, 9.17) is 0 Å². The van der Waals surface area contributed by atoms with Crippen LogP contribution >= 0.6 is 11.3 Å². The minimum Gasteiger partial charge on any atom is -0.309 e. The molecule has 1 aliphatic heterocycles. The zero-order valence-corrected chi connectivity index (χ0v) is 17.9. The van der Waals surface area contributed by atoms with Crippen molar-refractivity contribution in [3.05, 3.63) is 56.7 Å². The van der Waals surface area contributed by atoms with Crippen LogP contribution in [0.4, 0.5) is 4.39 Å². The molecule has 0 bridgehead atoms. The van der Waals surface area contributed by atoms with Gasteiger partial charge in [-0.05, 0) is 49.1 Å². The van der Waals surface area contributed by atoms with Crippen molar-refractivity contribution in [2.75, 3.05) is 26.2 Å². The Labute approximate surface area is 177 Å². The van der Waals surface area contributed by atoms with Gasteiger partial charge in [0, 0.05) is 31.1 Å². The fraction of sp³-hybridized carbons (Fsp3) is 0.400. The van der Waals surface area contributed by atoms with E-state index in [0.717, 1.165) is 47.2 Å². The lowest BCUT2D eigenvalue weighted by atomic mass is 10.2. The normalized spacial score (nSPS) is 18.2. The number of H-pyrrole nitrogens is 1. The summed E-state index contributed by atoms with van der Waals surface area (Å²) >= 11 is 1.62. The van der Waals surface area contributed by atoms with Gasteiger partial charge in [0.25, 0.3) is 5.56 Å². The summed E-state index contributed by atoms with van der Waals surface area (Å²) in [6, 6.07) is 4.89. The summed E-state index contributed by atoms with van der Waals surface area (Å²) in [5, 5.41) is 0.742. The topological polar surface area (TPSA) is 86.4 Å². The quantitative estimate of drug-likeness (QED) is 0.661. The number of aromatic amines is 1. The molecular formula is C20H21FN4O3S2. The van der Waals surface area contributed by atoms with Gasteiger partial charge in [-0.3, -0.25) is 9.69 Å². The molecule has 7 nitrogen and oxygen atoms in total. The second-order valence-corrected chi connectivity index (χ2v) is 10.7. The second kappa shape index (κ2) is 7.52. The fourth-order valence-electron chi connectivity index (χ4n) is 4.22. The molecule has 0 unspecified atom stereocenters. The number of thiophene rings is 1. The maximum absolute atomic E-state index is 13.1. The van der Waals surface area contributed by atoms with Crippen LogP contribution in [0, 0.1) is 5.82 Å². The monoisotopic (exact) mass is 448 g/mol. The molecule has 2 aromatic heterocycles. The van der Waals surface area contributed by atoms with Gasteiger partial charge in [-0.25, -0.2) is 17.8 Å². The van der Waals surface area contributed by atoms with E-state index in [-0.39, 0.29) is 10.5 Å². The Bertz CT molecular complexity index is 1260. The molecule has 0 saturated carbocycles. The molecule has 0 radical (unpaired) electrons. The zero-order valence-electron chi connectivity index (χ0n) is 16.2. The molecule has 10 heteroatoms. The maximum atomic E-state index is 13.1. The van der Waals surface area contributed by atoms with E-state index in [9.17, 15) is 17.6 Å². The molecule has 158 valence electrons. The number of piperazine rings is 1. The van der Waals surface area contributed by atoms with Crippen molar-refractivity contribution in [3.63, 3.8) is 0 Å². The van der Waals surface area contributed by atoms with Crippen LogP contribution in [0.15, 0.2) is 34.0 Å². The van der Waals surface area contributed by atoms with Gasteiger partial charge < -0.3 is 4.98 Å². The number of hydrogen-bond acceptors (Lipinski definition) is 6. The number of halogens is 1. The van der Waals surface area contributed by atoms with E-state index in [1.807, 2.05) is 0 Å². The lowest BCUT2D eigenvalue weighted by Gasteiger charge is -2.33. The number of sulfonamides is 1. The molecule has 0 spiro atoms. The Morgan fingerprint density at radius 2 is 1.83 bits per heavy atom. The van der Waals surface area contributed by atoms with Crippen molar-refractivity contribution in [2.45, 2.75) is 30.7 Å². The van der Waals surface area contributed by atoms with Crippen LogP contribution in [0.3, 0.4) is 0 Å². The first kappa shape index (κ1) is 19.8. The van der Waals surface area contributed by atoms with Gasteiger partial charge in [0.2, 0.25) is 10.0 Å². The van der Waals surface area contributed by atoms with Gasteiger partial charge in [0.1, 0.15) is 16.5 Å². The summed E-state index contributed by atoms with van der Waals surface area (Å²) in [5.74, 6) is 0.149. The van der Waals surface area contributed by atoms with Gasteiger partial charge in [0.15, 0.2) is 0 Å². The van der Waals surface area contributed by atoms with Crippen LogP contribution in [0.2, 0.25) is 0 Å². The van der Waals surface area contributed by atoms with Crippen molar-refractivity contribution in [1.82, 2.24) is 19.2 Å². The van der Waals surface area contributed by atoms with E-state index in [2.05, 4.69) is 14.9 Å². The first-order valence-corrected chi connectivity index (χ1v) is 12.2. The third kappa shape index (κ3) is 3.47. The molecule has 3 aromatic rings. The van der Waals surface area contributed by atoms with Gasteiger partial charge in [-0.2, -0.15) is 4.31 Å². The van der Waals surface area contributed by atoms with Crippen LogP contribution in [0.25, 0.3) is 10.2 Å². The number of aryl methyl sites for hydroxylation is 2. The molecule has 1 aliphatic carbocycles. The number of nitrogens with zero attached hydrogens (tertiary/aromatic N) is 3. The SMILES string of the molecule is O=c1[nH]c(CN2CCN(S(=O)(=O)c3ccc(F)cc3)CC2)nc2sc3c(c12)CCC3. The third-order valence-electron chi connectivity index (χ3n) is 5.78. The molecule has 30 heavy (non-hydrogen) atoms. The molecule has 1 N–H and O–H groups in total. The zero-order chi connectivity index (χ0) is 20.9. The van der Waals surface area contributed by atoms with Crippen molar-refractivity contribution in [2.24, 2.45) is 0 Å². The van der Waals surface area contributed by atoms with Gasteiger partial charge in [0.05, 0.1) is 16.8 Å². The predicted molar refractivity (Wildman–Crippen MR) is 113 cm³/mol. The molecular weight excluding hydrogens is 427 g/mol. The first-order chi connectivity index (χ1) is 14.4. The number of nitrogens with one attached hydrogen (secondary N) is 1. The van der Waals surface area contributed by atoms with Gasteiger partial charge >= 0.3 is 0 Å². The average molecular weight is 449 g/mol. The minimum absolute atomic E-state index is 0.0769. The molecule has 5 rings (SSSR count).